The number of nitrogens with one attached hydrogen (secondary N) is 1. The number of nitrogens with zero attached hydrogens (tertiary/aromatic N) is 1. The Hall–Kier alpha value is -1.18. The molecule has 2 heteroatoms. The second-order valence-electron chi connectivity index (χ2n) is 6.22. The fourth-order valence-electron chi connectivity index (χ4n) is 3.96. The monoisotopic (exact) mass is 244 g/mol. The van der Waals surface area contributed by atoms with Gasteiger partial charge in [0.05, 0.1) is 16.9 Å². The van der Waals surface area contributed by atoms with E-state index in [9.17, 15) is 0 Å². The largest absolute Gasteiger partial charge is 0.381 e. The van der Waals surface area contributed by atoms with Crippen molar-refractivity contribution in [1.82, 2.24) is 0 Å². The lowest BCUT2D eigenvalue weighted by Gasteiger charge is -2.50. The maximum absolute atomic E-state index is 3.68. The zero-order valence-electron chi connectivity index (χ0n) is 11.8. The molecule has 1 aromatic carbocycles. The Morgan fingerprint density at radius 2 is 1.94 bits per heavy atom. The van der Waals surface area contributed by atoms with Crippen LogP contribution in [0.4, 0.5) is 11.4 Å². The summed E-state index contributed by atoms with van der Waals surface area (Å²) < 4.78 is 0. The Bertz CT molecular complexity index is 444. The summed E-state index contributed by atoms with van der Waals surface area (Å²) in [5.74, 6) is 0. The minimum Gasteiger partial charge on any atom is -0.381 e. The van der Waals surface area contributed by atoms with Crippen molar-refractivity contribution in [3.05, 3.63) is 23.8 Å². The van der Waals surface area contributed by atoms with Gasteiger partial charge < -0.3 is 10.2 Å². The van der Waals surface area contributed by atoms with E-state index in [4.69, 9.17) is 0 Å². The molecule has 2 aliphatic rings. The van der Waals surface area contributed by atoms with Crippen LogP contribution in [0.15, 0.2) is 18.2 Å². The van der Waals surface area contributed by atoms with Crippen molar-refractivity contribution in [2.45, 2.75) is 58.0 Å². The summed E-state index contributed by atoms with van der Waals surface area (Å²) in [7, 11) is 0. The topological polar surface area (TPSA) is 15.3 Å². The van der Waals surface area contributed by atoms with Crippen LogP contribution < -0.4 is 10.2 Å². The van der Waals surface area contributed by atoms with E-state index in [1.807, 2.05) is 0 Å². The van der Waals surface area contributed by atoms with Gasteiger partial charge in [-0.3, -0.25) is 0 Å². The first-order valence-corrected chi connectivity index (χ1v) is 7.27. The predicted molar refractivity (Wildman–Crippen MR) is 78.5 cm³/mol. The minimum atomic E-state index is 0.368. The smallest absolute Gasteiger partial charge is 0.0639 e. The summed E-state index contributed by atoms with van der Waals surface area (Å²) in [5, 5.41) is 3.68. The number of hydrogen-bond acceptors (Lipinski definition) is 2. The van der Waals surface area contributed by atoms with Crippen molar-refractivity contribution in [3.63, 3.8) is 0 Å². The number of aryl methyl sites for hydroxylation is 1. The van der Waals surface area contributed by atoms with Gasteiger partial charge in [-0.25, -0.2) is 0 Å². The van der Waals surface area contributed by atoms with Gasteiger partial charge in [0.25, 0.3) is 0 Å². The highest BCUT2D eigenvalue weighted by molar-refractivity contribution is 5.77. The van der Waals surface area contributed by atoms with E-state index in [2.05, 4.69) is 49.2 Å². The van der Waals surface area contributed by atoms with Crippen molar-refractivity contribution in [1.29, 1.82) is 0 Å². The second-order valence-corrected chi connectivity index (χ2v) is 6.22. The van der Waals surface area contributed by atoms with E-state index in [-0.39, 0.29) is 0 Å². The van der Waals surface area contributed by atoms with E-state index in [0.29, 0.717) is 11.6 Å². The Morgan fingerprint density at radius 1 is 1.22 bits per heavy atom. The minimum absolute atomic E-state index is 0.368. The van der Waals surface area contributed by atoms with Crippen molar-refractivity contribution in [2.24, 2.45) is 0 Å². The number of anilines is 2. The normalized spacial score (nSPS) is 21.2. The molecule has 2 nitrogen and oxygen atoms in total. The van der Waals surface area contributed by atoms with Crippen LogP contribution in [0.1, 0.15) is 45.1 Å². The molecule has 3 rings (SSSR count). The molecule has 0 amide bonds. The highest BCUT2D eigenvalue weighted by Gasteiger charge is 2.44. The number of fused-ring (bicyclic) bond motifs is 1. The molecule has 0 bridgehead atoms. The molecule has 1 spiro atoms. The van der Waals surface area contributed by atoms with Crippen LogP contribution in [-0.4, -0.2) is 18.1 Å². The lowest BCUT2D eigenvalue weighted by atomic mass is 9.88. The zero-order chi connectivity index (χ0) is 12.8. The van der Waals surface area contributed by atoms with Gasteiger partial charge in [-0.15, -0.1) is 0 Å². The fraction of sp³-hybridized carbons (Fsp3) is 0.625. The first-order chi connectivity index (χ1) is 8.64. The molecule has 1 aromatic rings. The molecule has 1 heterocycles. The van der Waals surface area contributed by atoms with Crippen molar-refractivity contribution in [2.75, 3.05) is 16.8 Å². The first kappa shape index (κ1) is 11.9. The van der Waals surface area contributed by atoms with Crippen LogP contribution in [0, 0.1) is 6.92 Å². The standard InChI is InChI=1S/C16H24N2/c1-12(2)18-15-13(3)7-6-8-14(15)17-11-16(18)9-4-5-10-16/h6-8,12,17H,4-5,9-11H2,1-3H3. The Morgan fingerprint density at radius 3 is 2.61 bits per heavy atom. The SMILES string of the molecule is Cc1cccc2c1N(C(C)C)C1(CCCC1)CN2. The molecule has 0 unspecified atom stereocenters. The predicted octanol–water partition coefficient (Wildman–Crippen LogP) is 3.95. The van der Waals surface area contributed by atoms with E-state index >= 15 is 0 Å². The Balaban J connectivity index is 2.12. The maximum Gasteiger partial charge on any atom is 0.0639 e. The highest BCUT2D eigenvalue weighted by atomic mass is 15.3. The third-order valence-electron chi connectivity index (χ3n) is 4.65. The van der Waals surface area contributed by atoms with Crippen LogP contribution >= 0.6 is 0 Å². The van der Waals surface area contributed by atoms with Gasteiger partial charge >= 0.3 is 0 Å². The average Bonchev–Trinajstić information content (AvgIpc) is 2.79. The second kappa shape index (κ2) is 4.18. The van der Waals surface area contributed by atoms with E-state index < -0.39 is 0 Å². The highest BCUT2D eigenvalue weighted by Crippen LogP contribution is 2.46. The maximum atomic E-state index is 3.68. The van der Waals surface area contributed by atoms with Gasteiger partial charge in [0.1, 0.15) is 0 Å². The molecule has 0 atom stereocenters. The lowest BCUT2D eigenvalue weighted by molar-refractivity contribution is 0.380. The van der Waals surface area contributed by atoms with Crippen LogP contribution in [0.3, 0.4) is 0 Å². The summed E-state index contributed by atoms with van der Waals surface area (Å²) in [5.41, 5.74) is 4.54. The molecule has 1 fully saturated rings. The lowest BCUT2D eigenvalue weighted by Crippen LogP contribution is -2.57. The molecule has 1 aliphatic heterocycles. The molecule has 18 heavy (non-hydrogen) atoms. The van der Waals surface area contributed by atoms with Gasteiger partial charge in [-0.1, -0.05) is 25.0 Å². The van der Waals surface area contributed by atoms with E-state index in [0.717, 1.165) is 6.54 Å². The van der Waals surface area contributed by atoms with Crippen molar-refractivity contribution < 1.29 is 0 Å². The third kappa shape index (κ3) is 1.62. The molecular weight excluding hydrogens is 220 g/mol. The van der Waals surface area contributed by atoms with Gasteiger partial charge in [0.2, 0.25) is 0 Å². The Labute approximate surface area is 110 Å². The van der Waals surface area contributed by atoms with Crippen LogP contribution in [0.5, 0.6) is 0 Å². The molecule has 0 radical (unpaired) electrons. The summed E-state index contributed by atoms with van der Waals surface area (Å²) in [4.78, 5) is 2.71. The van der Waals surface area contributed by atoms with Crippen molar-refractivity contribution in [3.8, 4) is 0 Å². The van der Waals surface area contributed by atoms with Crippen LogP contribution in [-0.2, 0) is 0 Å². The molecule has 0 saturated heterocycles. The summed E-state index contributed by atoms with van der Waals surface area (Å²) in [6, 6.07) is 7.19. The van der Waals surface area contributed by atoms with Gasteiger partial charge in [0.15, 0.2) is 0 Å². The molecule has 1 aliphatic carbocycles. The molecule has 98 valence electrons. The van der Waals surface area contributed by atoms with Gasteiger partial charge in [-0.2, -0.15) is 0 Å². The average molecular weight is 244 g/mol. The zero-order valence-corrected chi connectivity index (χ0v) is 11.8. The third-order valence-corrected chi connectivity index (χ3v) is 4.65. The van der Waals surface area contributed by atoms with Gasteiger partial charge in [-0.05, 0) is 45.2 Å². The van der Waals surface area contributed by atoms with E-state index in [1.165, 1.54) is 42.6 Å². The molecule has 1 saturated carbocycles. The number of para-hydroxylation sites is 1. The number of hydrogen-bond donors (Lipinski definition) is 1. The first-order valence-electron chi connectivity index (χ1n) is 7.27. The summed E-state index contributed by atoms with van der Waals surface area (Å²) in [6.07, 6.45) is 5.44. The quantitative estimate of drug-likeness (QED) is 0.804. The molecular formula is C16H24N2. The fourth-order valence-corrected chi connectivity index (χ4v) is 3.96. The molecule has 1 N–H and O–H groups in total. The van der Waals surface area contributed by atoms with E-state index in [1.54, 1.807) is 0 Å². The Kier molecular flexibility index (Phi) is 2.76. The number of benzene rings is 1. The van der Waals surface area contributed by atoms with Gasteiger partial charge in [0, 0.05) is 12.6 Å². The summed E-state index contributed by atoms with van der Waals surface area (Å²) in [6.45, 7) is 8.02. The number of rotatable bonds is 1. The molecule has 0 aromatic heterocycles. The van der Waals surface area contributed by atoms with Crippen LogP contribution in [0.25, 0.3) is 0 Å². The van der Waals surface area contributed by atoms with Crippen molar-refractivity contribution >= 4 is 11.4 Å². The summed E-state index contributed by atoms with van der Waals surface area (Å²) >= 11 is 0. The van der Waals surface area contributed by atoms with Crippen LogP contribution in [0.2, 0.25) is 0 Å².